The first-order valence-corrected chi connectivity index (χ1v) is 10.5. The number of anilines is 2. The smallest absolute Gasteiger partial charge is 0.150 e. The molecule has 0 radical (unpaired) electrons. The van der Waals surface area contributed by atoms with E-state index in [4.69, 9.17) is 9.97 Å². The number of fused-ring (bicyclic) bond motifs is 1. The lowest BCUT2D eigenvalue weighted by molar-refractivity contribution is 0.341. The summed E-state index contributed by atoms with van der Waals surface area (Å²) in [4.78, 5) is 21.1. The first kappa shape index (κ1) is 19.6. The number of hydrogen-bond acceptors (Lipinski definition) is 6. The Bertz CT molecular complexity index is 953. The Morgan fingerprint density at radius 2 is 1.76 bits per heavy atom. The molecule has 6 heteroatoms. The molecule has 29 heavy (non-hydrogen) atoms. The lowest BCUT2D eigenvalue weighted by Gasteiger charge is -2.40. The molecule has 0 unspecified atom stereocenters. The van der Waals surface area contributed by atoms with E-state index in [-0.39, 0.29) is 0 Å². The van der Waals surface area contributed by atoms with Gasteiger partial charge in [-0.3, -0.25) is 4.98 Å². The highest BCUT2D eigenvalue weighted by Gasteiger charge is 2.33. The van der Waals surface area contributed by atoms with Gasteiger partial charge in [0.1, 0.15) is 5.82 Å². The monoisotopic (exact) mass is 390 g/mol. The summed E-state index contributed by atoms with van der Waals surface area (Å²) in [5.74, 6) is 2.44. The Labute approximate surface area is 173 Å². The molecule has 1 aliphatic rings. The molecule has 0 aliphatic carbocycles. The van der Waals surface area contributed by atoms with Crippen molar-refractivity contribution in [1.29, 1.82) is 0 Å². The van der Waals surface area contributed by atoms with Crippen LogP contribution >= 0.6 is 0 Å². The Morgan fingerprint density at radius 3 is 2.59 bits per heavy atom. The van der Waals surface area contributed by atoms with Crippen molar-refractivity contribution in [3.05, 3.63) is 54.5 Å². The van der Waals surface area contributed by atoms with Crippen molar-refractivity contribution in [1.82, 2.24) is 19.9 Å². The number of rotatable bonds is 8. The quantitative estimate of drug-likeness (QED) is 0.587. The van der Waals surface area contributed by atoms with E-state index in [0.29, 0.717) is 5.92 Å². The number of para-hydroxylation sites is 1. The van der Waals surface area contributed by atoms with Gasteiger partial charge in [0.2, 0.25) is 0 Å². The Balaban J connectivity index is 1.42. The zero-order valence-corrected chi connectivity index (χ0v) is 17.6. The number of pyridine rings is 1. The Hall–Kier alpha value is -2.73. The summed E-state index contributed by atoms with van der Waals surface area (Å²) in [6.07, 6.45) is 4.79. The minimum atomic E-state index is 0.391. The van der Waals surface area contributed by atoms with Gasteiger partial charge in [-0.05, 0) is 38.2 Å². The van der Waals surface area contributed by atoms with E-state index < -0.39 is 0 Å². The van der Waals surface area contributed by atoms with Gasteiger partial charge in [-0.25, -0.2) is 9.97 Å². The standard InChI is InChI=1S/C23H30N6/c1-4-13-27(2)14-15-28(3)23-22(24-11-12-25-23)19-16-29(17-19)21-10-9-18-7-5-6-8-20(18)26-21/h5-12,19H,4,13-17H2,1-3H3. The molecule has 2 aromatic heterocycles. The van der Waals surface area contributed by atoms with Gasteiger partial charge in [0.05, 0.1) is 11.2 Å². The van der Waals surface area contributed by atoms with Crippen LogP contribution in [0.4, 0.5) is 11.6 Å². The third kappa shape index (κ3) is 4.32. The summed E-state index contributed by atoms with van der Waals surface area (Å²) < 4.78 is 0. The molecule has 152 valence electrons. The van der Waals surface area contributed by atoms with Crippen molar-refractivity contribution in [2.45, 2.75) is 19.3 Å². The Kier molecular flexibility index (Phi) is 5.90. The van der Waals surface area contributed by atoms with Crippen LogP contribution in [0, 0.1) is 0 Å². The van der Waals surface area contributed by atoms with Crippen LogP contribution in [0.25, 0.3) is 10.9 Å². The van der Waals surface area contributed by atoms with Crippen molar-refractivity contribution in [3.8, 4) is 0 Å². The van der Waals surface area contributed by atoms with Gasteiger partial charge in [-0.15, -0.1) is 0 Å². The molecule has 6 nitrogen and oxygen atoms in total. The number of aromatic nitrogens is 3. The molecular formula is C23H30N6. The summed E-state index contributed by atoms with van der Waals surface area (Å²) in [5, 5.41) is 1.18. The molecule has 1 saturated heterocycles. The van der Waals surface area contributed by atoms with E-state index in [2.05, 4.69) is 71.0 Å². The minimum Gasteiger partial charge on any atom is -0.357 e. The topological polar surface area (TPSA) is 48.4 Å². The fourth-order valence-electron chi connectivity index (χ4n) is 3.91. The van der Waals surface area contributed by atoms with Gasteiger partial charge in [0.15, 0.2) is 5.82 Å². The zero-order valence-electron chi connectivity index (χ0n) is 17.6. The summed E-state index contributed by atoms with van der Waals surface area (Å²) in [6, 6.07) is 12.5. The molecule has 0 N–H and O–H groups in total. The molecule has 3 heterocycles. The van der Waals surface area contributed by atoms with Crippen molar-refractivity contribution in [2.24, 2.45) is 0 Å². The summed E-state index contributed by atoms with van der Waals surface area (Å²) >= 11 is 0. The van der Waals surface area contributed by atoms with Crippen molar-refractivity contribution in [2.75, 3.05) is 56.6 Å². The summed E-state index contributed by atoms with van der Waals surface area (Å²) in [6.45, 7) is 7.18. The number of nitrogens with zero attached hydrogens (tertiary/aromatic N) is 6. The maximum absolute atomic E-state index is 4.82. The van der Waals surface area contributed by atoms with E-state index in [0.717, 1.165) is 55.6 Å². The molecule has 0 amide bonds. The average Bonchev–Trinajstić information content (AvgIpc) is 2.71. The molecule has 3 aromatic rings. The van der Waals surface area contributed by atoms with E-state index in [1.807, 2.05) is 12.3 Å². The second-order valence-electron chi connectivity index (χ2n) is 7.95. The largest absolute Gasteiger partial charge is 0.357 e. The first-order valence-electron chi connectivity index (χ1n) is 10.5. The van der Waals surface area contributed by atoms with Crippen molar-refractivity contribution in [3.63, 3.8) is 0 Å². The van der Waals surface area contributed by atoms with Gasteiger partial charge in [-0.2, -0.15) is 0 Å². The molecule has 0 bridgehead atoms. The van der Waals surface area contributed by atoms with Crippen LogP contribution in [-0.4, -0.2) is 66.7 Å². The molecule has 0 saturated carbocycles. The van der Waals surface area contributed by atoms with Gasteiger partial charge in [0, 0.05) is 56.9 Å². The molecule has 1 fully saturated rings. The first-order chi connectivity index (χ1) is 14.2. The number of likely N-dealkylation sites (N-methyl/N-ethyl adjacent to an activating group) is 2. The molecule has 0 spiro atoms. The third-order valence-electron chi connectivity index (χ3n) is 5.67. The fraction of sp³-hybridized carbons (Fsp3) is 0.435. The number of hydrogen-bond donors (Lipinski definition) is 0. The normalized spacial score (nSPS) is 14.4. The molecule has 1 aliphatic heterocycles. The second kappa shape index (κ2) is 8.74. The lowest BCUT2D eigenvalue weighted by atomic mass is 9.95. The SMILES string of the molecule is CCCN(C)CCN(C)c1nccnc1C1CN(c2ccc3ccccc3n2)C1. The molecule has 4 rings (SSSR count). The van der Waals surface area contributed by atoms with Crippen LogP contribution in [0.1, 0.15) is 25.0 Å². The van der Waals surface area contributed by atoms with Crippen LogP contribution in [0.5, 0.6) is 0 Å². The highest BCUT2D eigenvalue weighted by molar-refractivity contribution is 5.80. The van der Waals surface area contributed by atoms with Crippen LogP contribution in [0.3, 0.4) is 0 Å². The fourth-order valence-corrected chi connectivity index (χ4v) is 3.91. The van der Waals surface area contributed by atoms with Crippen LogP contribution in [0.2, 0.25) is 0 Å². The van der Waals surface area contributed by atoms with Crippen molar-refractivity contribution >= 4 is 22.5 Å². The minimum absolute atomic E-state index is 0.391. The van der Waals surface area contributed by atoms with E-state index in [1.54, 1.807) is 6.20 Å². The summed E-state index contributed by atoms with van der Waals surface area (Å²) in [5.41, 5.74) is 2.15. The molecule has 1 aromatic carbocycles. The van der Waals surface area contributed by atoms with Gasteiger partial charge in [-0.1, -0.05) is 25.1 Å². The third-order valence-corrected chi connectivity index (χ3v) is 5.67. The predicted octanol–water partition coefficient (Wildman–Crippen LogP) is 3.41. The maximum Gasteiger partial charge on any atom is 0.150 e. The van der Waals surface area contributed by atoms with E-state index in [1.165, 1.54) is 11.8 Å². The van der Waals surface area contributed by atoms with Gasteiger partial charge < -0.3 is 14.7 Å². The van der Waals surface area contributed by atoms with Gasteiger partial charge in [0.25, 0.3) is 0 Å². The van der Waals surface area contributed by atoms with E-state index >= 15 is 0 Å². The van der Waals surface area contributed by atoms with Crippen LogP contribution < -0.4 is 9.80 Å². The van der Waals surface area contributed by atoms with Crippen LogP contribution in [0.15, 0.2) is 48.8 Å². The highest BCUT2D eigenvalue weighted by Crippen LogP contribution is 2.33. The van der Waals surface area contributed by atoms with Crippen molar-refractivity contribution < 1.29 is 0 Å². The second-order valence-corrected chi connectivity index (χ2v) is 7.95. The number of benzene rings is 1. The lowest BCUT2D eigenvalue weighted by Crippen LogP contribution is -2.46. The zero-order chi connectivity index (χ0) is 20.2. The average molecular weight is 391 g/mol. The summed E-state index contributed by atoms with van der Waals surface area (Å²) in [7, 11) is 4.30. The Morgan fingerprint density at radius 1 is 0.966 bits per heavy atom. The molecule has 0 atom stereocenters. The van der Waals surface area contributed by atoms with E-state index in [9.17, 15) is 0 Å². The molecular weight excluding hydrogens is 360 g/mol. The van der Waals surface area contributed by atoms with Crippen LogP contribution in [-0.2, 0) is 0 Å². The highest BCUT2D eigenvalue weighted by atomic mass is 15.3. The maximum atomic E-state index is 4.82. The van der Waals surface area contributed by atoms with Gasteiger partial charge >= 0.3 is 0 Å². The predicted molar refractivity (Wildman–Crippen MR) is 120 cm³/mol.